The zero-order valence-electron chi connectivity index (χ0n) is 12.8. The van der Waals surface area contributed by atoms with Crippen LogP contribution in [0, 0.1) is 0 Å². The summed E-state index contributed by atoms with van der Waals surface area (Å²) in [7, 11) is 0. The van der Waals surface area contributed by atoms with E-state index in [4.69, 9.17) is 4.98 Å². The molecule has 3 heterocycles. The Balaban J connectivity index is 1.76. The van der Waals surface area contributed by atoms with E-state index in [1.54, 1.807) is 0 Å². The van der Waals surface area contributed by atoms with Crippen molar-refractivity contribution in [3.8, 4) is 5.82 Å². The molecule has 0 atom stereocenters. The van der Waals surface area contributed by atoms with Gasteiger partial charge in [0.2, 0.25) is 0 Å². The number of hydrogen-bond donors (Lipinski definition) is 0. The lowest BCUT2D eigenvalue weighted by atomic mass is 10.0. The molecule has 0 aliphatic heterocycles. The van der Waals surface area contributed by atoms with Gasteiger partial charge in [-0.15, -0.1) is 0 Å². The summed E-state index contributed by atoms with van der Waals surface area (Å²) in [4.78, 5) is 9.13. The Morgan fingerprint density at radius 2 is 1.68 bits per heavy atom. The monoisotopic (exact) mass is 291 g/mol. The molecular formula is C19H21N3. The maximum atomic E-state index is 4.72. The van der Waals surface area contributed by atoms with Crippen LogP contribution in [0.4, 0.5) is 0 Å². The second-order valence-electron chi connectivity index (χ2n) is 6.17. The summed E-state index contributed by atoms with van der Waals surface area (Å²) in [6, 6.07) is 8.42. The minimum Gasteiger partial charge on any atom is -0.300 e. The molecule has 0 fully saturated rings. The van der Waals surface area contributed by atoms with E-state index in [1.165, 1.54) is 56.1 Å². The van der Waals surface area contributed by atoms with Crippen molar-refractivity contribution in [2.75, 3.05) is 0 Å². The zero-order valence-corrected chi connectivity index (χ0v) is 12.8. The topological polar surface area (TPSA) is 30.7 Å². The minimum absolute atomic E-state index is 1.01. The highest BCUT2D eigenvalue weighted by atomic mass is 15.1. The fourth-order valence-electron chi connectivity index (χ4n) is 3.43. The fraction of sp³-hybridized carbons (Fsp3) is 0.368. The molecule has 0 aromatic carbocycles. The summed E-state index contributed by atoms with van der Waals surface area (Å²) in [6.07, 6.45) is 15.0. The van der Waals surface area contributed by atoms with E-state index in [0.29, 0.717) is 0 Å². The molecule has 0 unspecified atom stereocenters. The Bertz CT molecular complexity index is 788. The van der Waals surface area contributed by atoms with Crippen molar-refractivity contribution in [1.82, 2.24) is 14.5 Å². The molecule has 3 aromatic heterocycles. The SMILES string of the molecule is c1cnc2ccn(-c3cc4c(cn3)CCCCCCC4)c2c1. The molecule has 0 radical (unpaired) electrons. The van der Waals surface area contributed by atoms with Gasteiger partial charge in [0.15, 0.2) is 0 Å². The van der Waals surface area contributed by atoms with Gasteiger partial charge in [0, 0.05) is 18.6 Å². The normalized spacial score (nSPS) is 15.8. The highest BCUT2D eigenvalue weighted by molar-refractivity contribution is 5.77. The number of pyridine rings is 2. The highest BCUT2D eigenvalue weighted by Crippen LogP contribution is 2.23. The Labute approximate surface area is 131 Å². The highest BCUT2D eigenvalue weighted by Gasteiger charge is 2.10. The predicted octanol–water partition coefficient (Wildman–Crippen LogP) is 4.47. The fourth-order valence-corrected chi connectivity index (χ4v) is 3.43. The molecule has 3 heteroatoms. The first-order valence-corrected chi connectivity index (χ1v) is 8.32. The molecule has 1 aliphatic rings. The van der Waals surface area contributed by atoms with Gasteiger partial charge >= 0.3 is 0 Å². The van der Waals surface area contributed by atoms with E-state index in [2.05, 4.69) is 40.1 Å². The van der Waals surface area contributed by atoms with Crippen molar-refractivity contribution < 1.29 is 0 Å². The Kier molecular flexibility index (Phi) is 3.63. The van der Waals surface area contributed by atoms with Crippen molar-refractivity contribution in [2.45, 2.75) is 44.9 Å². The number of hydrogen-bond acceptors (Lipinski definition) is 2. The largest absolute Gasteiger partial charge is 0.300 e. The average Bonchev–Trinajstić information content (AvgIpc) is 3.02. The molecule has 3 aromatic rings. The van der Waals surface area contributed by atoms with Crippen molar-refractivity contribution in [3.63, 3.8) is 0 Å². The molecule has 0 saturated carbocycles. The summed E-state index contributed by atoms with van der Waals surface area (Å²) in [5, 5.41) is 0. The Morgan fingerprint density at radius 3 is 2.59 bits per heavy atom. The summed E-state index contributed by atoms with van der Waals surface area (Å²) < 4.78 is 2.15. The van der Waals surface area contributed by atoms with Gasteiger partial charge in [-0.25, -0.2) is 4.98 Å². The quantitative estimate of drug-likeness (QED) is 0.662. The second kappa shape index (κ2) is 5.91. The molecular weight excluding hydrogens is 270 g/mol. The third-order valence-corrected chi connectivity index (χ3v) is 4.66. The van der Waals surface area contributed by atoms with Crippen LogP contribution in [-0.4, -0.2) is 14.5 Å². The predicted molar refractivity (Wildman–Crippen MR) is 89.4 cm³/mol. The number of fused-ring (bicyclic) bond motifs is 2. The van der Waals surface area contributed by atoms with E-state index in [-0.39, 0.29) is 0 Å². The van der Waals surface area contributed by atoms with E-state index < -0.39 is 0 Å². The van der Waals surface area contributed by atoms with Crippen molar-refractivity contribution in [2.24, 2.45) is 0 Å². The Morgan fingerprint density at radius 1 is 0.864 bits per heavy atom. The molecule has 0 N–H and O–H groups in total. The number of rotatable bonds is 1. The minimum atomic E-state index is 1.01. The molecule has 1 aliphatic carbocycles. The maximum Gasteiger partial charge on any atom is 0.137 e. The van der Waals surface area contributed by atoms with Crippen LogP contribution in [0.25, 0.3) is 16.9 Å². The van der Waals surface area contributed by atoms with Crippen LogP contribution < -0.4 is 0 Å². The van der Waals surface area contributed by atoms with Gasteiger partial charge in [-0.2, -0.15) is 0 Å². The van der Waals surface area contributed by atoms with Crippen LogP contribution in [0.15, 0.2) is 42.9 Å². The third kappa shape index (κ3) is 2.52. The lowest BCUT2D eigenvalue weighted by Crippen LogP contribution is -2.02. The standard InChI is InChI=1S/C19H21N3/c1-2-4-7-15-13-19(21-14-16(15)8-5-3-1)22-12-10-17-18(22)9-6-11-20-17/h6,9-14H,1-5,7-8H2. The molecule has 3 nitrogen and oxygen atoms in total. The van der Waals surface area contributed by atoms with Crippen molar-refractivity contribution in [1.29, 1.82) is 0 Å². The molecule has 0 saturated heterocycles. The first-order valence-electron chi connectivity index (χ1n) is 8.32. The summed E-state index contributed by atoms with van der Waals surface area (Å²) in [6.45, 7) is 0. The number of nitrogens with zero attached hydrogens (tertiary/aromatic N) is 3. The molecule has 0 spiro atoms. The Hall–Kier alpha value is -2.16. The van der Waals surface area contributed by atoms with Crippen molar-refractivity contribution >= 4 is 11.0 Å². The molecule has 0 amide bonds. The van der Waals surface area contributed by atoms with Crippen LogP contribution in [0.3, 0.4) is 0 Å². The molecule has 112 valence electrons. The van der Waals surface area contributed by atoms with Gasteiger partial charge in [0.05, 0.1) is 11.0 Å². The van der Waals surface area contributed by atoms with E-state index >= 15 is 0 Å². The zero-order chi connectivity index (χ0) is 14.8. The first-order chi connectivity index (χ1) is 10.9. The number of aryl methyl sites for hydroxylation is 2. The maximum absolute atomic E-state index is 4.72. The second-order valence-corrected chi connectivity index (χ2v) is 6.17. The first kappa shape index (κ1) is 13.5. The van der Waals surface area contributed by atoms with Gasteiger partial charge in [0.1, 0.15) is 5.82 Å². The van der Waals surface area contributed by atoms with Gasteiger partial charge in [-0.1, -0.05) is 19.3 Å². The van der Waals surface area contributed by atoms with Gasteiger partial charge in [0.25, 0.3) is 0 Å². The van der Waals surface area contributed by atoms with Crippen LogP contribution in [0.1, 0.15) is 43.2 Å². The molecule has 22 heavy (non-hydrogen) atoms. The third-order valence-electron chi connectivity index (χ3n) is 4.66. The summed E-state index contributed by atoms with van der Waals surface area (Å²) in [5.41, 5.74) is 5.07. The number of aromatic nitrogens is 3. The lowest BCUT2D eigenvalue weighted by Gasteiger charge is -2.11. The summed E-state index contributed by atoms with van der Waals surface area (Å²) >= 11 is 0. The molecule has 0 bridgehead atoms. The van der Waals surface area contributed by atoms with Crippen LogP contribution in [-0.2, 0) is 12.8 Å². The smallest absolute Gasteiger partial charge is 0.137 e. The van der Waals surface area contributed by atoms with Crippen molar-refractivity contribution in [3.05, 3.63) is 54.0 Å². The van der Waals surface area contributed by atoms with Gasteiger partial charge < -0.3 is 0 Å². The van der Waals surface area contributed by atoms with E-state index in [0.717, 1.165) is 16.9 Å². The molecule has 4 rings (SSSR count). The van der Waals surface area contributed by atoms with E-state index in [9.17, 15) is 0 Å². The average molecular weight is 291 g/mol. The van der Waals surface area contributed by atoms with Gasteiger partial charge in [-0.05, 0) is 61.1 Å². The summed E-state index contributed by atoms with van der Waals surface area (Å²) in [5.74, 6) is 1.01. The van der Waals surface area contributed by atoms with Crippen LogP contribution >= 0.6 is 0 Å². The lowest BCUT2D eigenvalue weighted by molar-refractivity contribution is 0.629. The van der Waals surface area contributed by atoms with Gasteiger partial charge in [-0.3, -0.25) is 9.55 Å². The van der Waals surface area contributed by atoms with E-state index in [1.807, 2.05) is 12.3 Å². The van der Waals surface area contributed by atoms with Crippen LogP contribution in [0.2, 0.25) is 0 Å². The van der Waals surface area contributed by atoms with Crippen LogP contribution in [0.5, 0.6) is 0 Å².